The van der Waals surface area contributed by atoms with Crippen molar-refractivity contribution in [3.05, 3.63) is 0 Å². The summed E-state index contributed by atoms with van der Waals surface area (Å²) in [5.74, 6) is -0.468. The molecule has 3 N–H and O–H groups in total. The molecule has 0 fully saturated rings. The van der Waals surface area contributed by atoms with Gasteiger partial charge >= 0.3 is 5.97 Å². The zero-order valence-corrected chi connectivity index (χ0v) is 9.92. The molecule has 0 bridgehead atoms. The Morgan fingerprint density at radius 3 is 2.47 bits per heavy atom. The fourth-order valence-electron chi connectivity index (χ4n) is 1.21. The predicted octanol–water partition coefficient (Wildman–Crippen LogP) is 1.24. The predicted molar refractivity (Wildman–Crippen MR) is 59.8 cm³/mol. The lowest BCUT2D eigenvalue weighted by Crippen LogP contribution is -2.45. The summed E-state index contributed by atoms with van der Waals surface area (Å²) in [4.78, 5) is 10.5. The van der Waals surface area contributed by atoms with Crippen molar-refractivity contribution in [1.82, 2.24) is 5.32 Å². The van der Waals surface area contributed by atoms with Crippen LogP contribution in [0.1, 0.15) is 40.0 Å². The van der Waals surface area contributed by atoms with Gasteiger partial charge in [-0.1, -0.05) is 26.7 Å². The normalized spacial score (nSPS) is 15.3. The second-order valence-electron chi connectivity index (χ2n) is 4.65. The Morgan fingerprint density at radius 2 is 2.00 bits per heavy atom. The molecule has 0 aliphatic heterocycles. The van der Waals surface area contributed by atoms with Gasteiger partial charge in [-0.15, -0.1) is 0 Å². The second-order valence-corrected chi connectivity index (χ2v) is 4.65. The van der Waals surface area contributed by atoms with E-state index in [1.807, 2.05) is 0 Å². The molecule has 0 aromatic rings. The Balaban J connectivity index is 3.43. The van der Waals surface area contributed by atoms with Gasteiger partial charge < -0.3 is 15.5 Å². The maximum absolute atomic E-state index is 10.5. The van der Waals surface area contributed by atoms with Gasteiger partial charge in [-0.05, 0) is 25.8 Å². The van der Waals surface area contributed by atoms with E-state index in [0.29, 0.717) is 5.92 Å². The summed E-state index contributed by atoms with van der Waals surface area (Å²) in [6.07, 6.45) is 3.35. The van der Waals surface area contributed by atoms with Gasteiger partial charge in [0.1, 0.15) is 0 Å². The third kappa shape index (κ3) is 7.33. The molecule has 4 heteroatoms. The summed E-state index contributed by atoms with van der Waals surface area (Å²) in [6, 6.07) is 0. The van der Waals surface area contributed by atoms with Crippen LogP contribution in [0.4, 0.5) is 0 Å². The van der Waals surface area contributed by atoms with E-state index in [-0.39, 0.29) is 6.54 Å². The van der Waals surface area contributed by atoms with E-state index < -0.39 is 11.6 Å². The van der Waals surface area contributed by atoms with Gasteiger partial charge in [0, 0.05) is 6.54 Å². The average Bonchev–Trinajstić information content (AvgIpc) is 2.10. The van der Waals surface area contributed by atoms with Crippen molar-refractivity contribution in [2.75, 3.05) is 13.1 Å². The Morgan fingerprint density at radius 1 is 1.40 bits per heavy atom. The molecule has 0 amide bonds. The molecular formula is C11H23NO3. The first-order valence-electron chi connectivity index (χ1n) is 5.52. The molecule has 0 rings (SSSR count). The molecule has 0 aliphatic rings. The molecule has 0 aromatic carbocycles. The van der Waals surface area contributed by atoms with Crippen molar-refractivity contribution in [2.45, 2.75) is 45.6 Å². The lowest BCUT2D eigenvalue weighted by atomic mass is 10.1. The summed E-state index contributed by atoms with van der Waals surface area (Å²) in [5, 5.41) is 21.0. The van der Waals surface area contributed by atoms with Gasteiger partial charge in [-0.25, -0.2) is 4.79 Å². The highest BCUT2D eigenvalue weighted by Crippen LogP contribution is 2.05. The highest BCUT2D eigenvalue weighted by atomic mass is 16.4. The summed E-state index contributed by atoms with van der Waals surface area (Å²) < 4.78 is 0. The minimum Gasteiger partial charge on any atom is -0.479 e. The highest BCUT2D eigenvalue weighted by molar-refractivity contribution is 5.76. The monoisotopic (exact) mass is 217 g/mol. The number of aliphatic carboxylic acids is 1. The zero-order chi connectivity index (χ0) is 11.9. The van der Waals surface area contributed by atoms with E-state index in [2.05, 4.69) is 19.2 Å². The Labute approximate surface area is 91.7 Å². The maximum Gasteiger partial charge on any atom is 0.336 e. The standard InChI is InChI=1S/C11H23NO3/c1-9(2)6-4-5-7-12-8-11(3,15)10(13)14/h9,12,15H,4-8H2,1-3H3,(H,13,14). The van der Waals surface area contributed by atoms with E-state index in [1.165, 1.54) is 13.3 Å². The largest absolute Gasteiger partial charge is 0.479 e. The third-order valence-electron chi connectivity index (χ3n) is 2.31. The SMILES string of the molecule is CC(C)CCCCNCC(C)(O)C(=O)O. The molecule has 4 nitrogen and oxygen atoms in total. The number of hydrogen-bond acceptors (Lipinski definition) is 3. The fourth-order valence-corrected chi connectivity index (χ4v) is 1.21. The molecule has 1 atom stereocenters. The van der Waals surface area contributed by atoms with Crippen LogP contribution >= 0.6 is 0 Å². The first-order valence-corrected chi connectivity index (χ1v) is 5.52. The lowest BCUT2D eigenvalue weighted by Gasteiger charge is -2.18. The van der Waals surface area contributed by atoms with Crippen LogP contribution in [-0.2, 0) is 4.79 Å². The van der Waals surface area contributed by atoms with Crippen LogP contribution in [0, 0.1) is 5.92 Å². The lowest BCUT2D eigenvalue weighted by molar-refractivity contribution is -0.156. The van der Waals surface area contributed by atoms with Crippen LogP contribution in [0.15, 0.2) is 0 Å². The molecule has 0 aromatic heterocycles. The van der Waals surface area contributed by atoms with Crippen LogP contribution in [0.5, 0.6) is 0 Å². The number of carboxylic acids is 1. The van der Waals surface area contributed by atoms with Gasteiger partial charge in [-0.2, -0.15) is 0 Å². The number of carbonyl (C=O) groups is 1. The smallest absolute Gasteiger partial charge is 0.336 e. The van der Waals surface area contributed by atoms with Gasteiger partial charge in [0.05, 0.1) is 0 Å². The summed E-state index contributed by atoms with van der Waals surface area (Å²) in [7, 11) is 0. The van der Waals surface area contributed by atoms with Gasteiger partial charge in [0.15, 0.2) is 5.60 Å². The van der Waals surface area contributed by atoms with Gasteiger partial charge in [0.25, 0.3) is 0 Å². The number of unbranched alkanes of at least 4 members (excludes halogenated alkanes) is 1. The van der Waals surface area contributed by atoms with Crippen LogP contribution in [-0.4, -0.2) is 34.9 Å². The van der Waals surface area contributed by atoms with E-state index >= 15 is 0 Å². The second kappa shape index (κ2) is 6.80. The number of carboxylic acid groups (broad SMARTS) is 1. The Kier molecular flexibility index (Phi) is 6.52. The Hall–Kier alpha value is -0.610. The van der Waals surface area contributed by atoms with Gasteiger partial charge in [0.2, 0.25) is 0 Å². The maximum atomic E-state index is 10.5. The summed E-state index contributed by atoms with van der Waals surface area (Å²) in [5.41, 5.74) is -1.65. The minimum atomic E-state index is -1.65. The van der Waals surface area contributed by atoms with Crippen molar-refractivity contribution in [3.8, 4) is 0 Å². The van der Waals surface area contributed by atoms with Gasteiger partial charge in [-0.3, -0.25) is 0 Å². The number of hydrogen-bond donors (Lipinski definition) is 3. The first kappa shape index (κ1) is 14.4. The molecule has 0 radical (unpaired) electrons. The first-order chi connectivity index (χ1) is 6.86. The Bertz CT molecular complexity index is 190. The van der Waals surface area contributed by atoms with Crippen molar-refractivity contribution < 1.29 is 15.0 Å². The molecule has 0 heterocycles. The molecule has 1 unspecified atom stereocenters. The van der Waals surface area contributed by atoms with Crippen LogP contribution in [0.3, 0.4) is 0 Å². The quantitative estimate of drug-likeness (QED) is 0.535. The molecule has 0 aliphatic carbocycles. The molecule has 0 spiro atoms. The molecule has 90 valence electrons. The summed E-state index contributed by atoms with van der Waals surface area (Å²) >= 11 is 0. The van der Waals surface area contributed by atoms with E-state index in [0.717, 1.165) is 19.4 Å². The number of aliphatic hydroxyl groups is 1. The molecule has 15 heavy (non-hydrogen) atoms. The third-order valence-corrected chi connectivity index (χ3v) is 2.31. The topological polar surface area (TPSA) is 69.6 Å². The molecular weight excluding hydrogens is 194 g/mol. The van der Waals surface area contributed by atoms with Crippen LogP contribution < -0.4 is 5.32 Å². The number of rotatable bonds is 8. The van der Waals surface area contributed by atoms with E-state index in [1.54, 1.807) is 0 Å². The number of nitrogens with one attached hydrogen (secondary N) is 1. The van der Waals surface area contributed by atoms with Crippen molar-refractivity contribution in [2.24, 2.45) is 5.92 Å². The molecule has 0 saturated carbocycles. The van der Waals surface area contributed by atoms with Crippen molar-refractivity contribution >= 4 is 5.97 Å². The highest BCUT2D eigenvalue weighted by Gasteiger charge is 2.28. The van der Waals surface area contributed by atoms with Crippen molar-refractivity contribution in [1.29, 1.82) is 0 Å². The average molecular weight is 217 g/mol. The fraction of sp³-hybridized carbons (Fsp3) is 0.909. The van der Waals surface area contributed by atoms with Crippen LogP contribution in [0.2, 0.25) is 0 Å². The zero-order valence-electron chi connectivity index (χ0n) is 9.92. The van der Waals surface area contributed by atoms with E-state index in [4.69, 9.17) is 5.11 Å². The van der Waals surface area contributed by atoms with Crippen LogP contribution in [0.25, 0.3) is 0 Å². The minimum absolute atomic E-state index is 0.101. The molecule has 0 saturated heterocycles. The van der Waals surface area contributed by atoms with E-state index in [9.17, 15) is 9.90 Å². The summed E-state index contributed by atoms with van der Waals surface area (Å²) in [6.45, 7) is 6.53. The van der Waals surface area contributed by atoms with Crippen molar-refractivity contribution in [3.63, 3.8) is 0 Å².